The highest BCUT2D eigenvalue weighted by Gasteiger charge is 2.09. The molecule has 0 saturated heterocycles. The lowest BCUT2D eigenvalue weighted by Gasteiger charge is -2.19. The molecule has 0 aliphatic carbocycles. The summed E-state index contributed by atoms with van der Waals surface area (Å²) in [7, 11) is 1.60. The van der Waals surface area contributed by atoms with Crippen LogP contribution in [0.25, 0.3) is 6.08 Å². The quantitative estimate of drug-likeness (QED) is 0.539. The van der Waals surface area contributed by atoms with E-state index >= 15 is 0 Å². The average molecular weight is 317 g/mol. The van der Waals surface area contributed by atoms with Gasteiger partial charge in [0.25, 0.3) is 0 Å². The van der Waals surface area contributed by atoms with Gasteiger partial charge in [-0.15, -0.1) is 0 Å². The largest absolute Gasteiger partial charge is 0.493 e. The average Bonchev–Trinajstić information content (AvgIpc) is 2.50. The van der Waals surface area contributed by atoms with E-state index in [1.54, 1.807) is 24.2 Å². The van der Waals surface area contributed by atoms with Crippen LogP contribution in [0.15, 0.2) is 36.4 Å². The summed E-state index contributed by atoms with van der Waals surface area (Å²) >= 11 is 0. The van der Waals surface area contributed by atoms with E-state index in [0.29, 0.717) is 24.6 Å². The predicted octanol–water partition coefficient (Wildman–Crippen LogP) is 3.92. The first kappa shape index (κ1) is 18.8. The van der Waals surface area contributed by atoms with Gasteiger partial charge in [-0.25, -0.2) is 0 Å². The highest BCUT2D eigenvalue weighted by atomic mass is 16.5. The van der Waals surface area contributed by atoms with Crippen molar-refractivity contribution < 1.29 is 14.3 Å². The second kappa shape index (κ2) is 9.03. The molecule has 0 aliphatic rings. The van der Waals surface area contributed by atoms with E-state index in [1.165, 1.54) is 0 Å². The summed E-state index contributed by atoms with van der Waals surface area (Å²) in [6.45, 7) is 12.9. The Bertz CT molecular complexity index is 576. The maximum absolute atomic E-state index is 12.2. The van der Waals surface area contributed by atoms with Crippen LogP contribution in [-0.4, -0.2) is 37.1 Å². The van der Waals surface area contributed by atoms with Crippen LogP contribution in [-0.2, 0) is 4.79 Å². The Morgan fingerprint density at radius 2 is 2.04 bits per heavy atom. The number of likely N-dealkylation sites (N-methyl/N-ethyl adjacent to an activating group) is 1. The maximum atomic E-state index is 12.2. The number of hydrogen-bond donors (Lipinski definition) is 0. The first-order valence-electron chi connectivity index (χ1n) is 7.83. The van der Waals surface area contributed by atoms with Gasteiger partial charge in [0.05, 0.1) is 13.2 Å². The zero-order valence-corrected chi connectivity index (χ0v) is 14.8. The van der Waals surface area contributed by atoms with Crippen LogP contribution in [0, 0.1) is 0 Å². The molecule has 4 heteroatoms. The van der Waals surface area contributed by atoms with E-state index in [2.05, 4.69) is 6.58 Å². The molecule has 1 amide bonds. The van der Waals surface area contributed by atoms with Crippen LogP contribution in [0.2, 0.25) is 0 Å². The Kier molecular flexibility index (Phi) is 7.39. The van der Waals surface area contributed by atoms with Gasteiger partial charge >= 0.3 is 0 Å². The Morgan fingerprint density at radius 1 is 1.35 bits per heavy atom. The number of hydrogen-bond acceptors (Lipinski definition) is 3. The van der Waals surface area contributed by atoms with Crippen LogP contribution < -0.4 is 9.47 Å². The molecule has 0 N–H and O–H groups in total. The van der Waals surface area contributed by atoms with Crippen molar-refractivity contribution in [2.45, 2.75) is 33.8 Å². The number of rotatable bonds is 8. The van der Waals surface area contributed by atoms with Gasteiger partial charge in [0.15, 0.2) is 11.5 Å². The van der Waals surface area contributed by atoms with Gasteiger partial charge in [-0.2, -0.15) is 0 Å². The monoisotopic (exact) mass is 317 g/mol. The van der Waals surface area contributed by atoms with E-state index in [-0.39, 0.29) is 12.0 Å². The molecule has 1 rings (SSSR count). The van der Waals surface area contributed by atoms with Gasteiger partial charge in [0.2, 0.25) is 5.91 Å². The summed E-state index contributed by atoms with van der Waals surface area (Å²) in [5, 5.41) is 0. The van der Waals surface area contributed by atoms with E-state index < -0.39 is 0 Å². The summed E-state index contributed by atoms with van der Waals surface area (Å²) in [6.07, 6.45) is 3.43. The molecule has 1 aromatic rings. The van der Waals surface area contributed by atoms with E-state index in [4.69, 9.17) is 9.47 Å². The highest BCUT2D eigenvalue weighted by molar-refractivity contribution is 5.92. The van der Waals surface area contributed by atoms with Gasteiger partial charge < -0.3 is 14.4 Å². The Balaban J connectivity index is 2.87. The van der Waals surface area contributed by atoms with Crippen molar-refractivity contribution in [2.24, 2.45) is 0 Å². The fourth-order valence-corrected chi connectivity index (χ4v) is 2.08. The van der Waals surface area contributed by atoms with Gasteiger partial charge in [-0.3, -0.25) is 4.79 Å². The fourth-order valence-electron chi connectivity index (χ4n) is 2.08. The lowest BCUT2D eigenvalue weighted by molar-refractivity contribution is -0.125. The lowest BCUT2D eigenvalue weighted by Crippen LogP contribution is -2.30. The summed E-state index contributed by atoms with van der Waals surface area (Å²) in [4.78, 5) is 13.9. The van der Waals surface area contributed by atoms with E-state index in [0.717, 1.165) is 11.1 Å². The molecule has 1 aromatic carbocycles. The number of methoxy groups -OCH3 is 1. The van der Waals surface area contributed by atoms with Crippen LogP contribution in [0.5, 0.6) is 11.5 Å². The molecule has 0 spiro atoms. The minimum Gasteiger partial charge on any atom is -0.493 e. The molecule has 0 heterocycles. The summed E-state index contributed by atoms with van der Waals surface area (Å²) < 4.78 is 11.0. The minimum absolute atomic E-state index is 0.0306. The molecule has 0 aromatic heterocycles. The van der Waals surface area contributed by atoms with Gasteiger partial charge in [0.1, 0.15) is 0 Å². The number of benzene rings is 1. The van der Waals surface area contributed by atoms with Gasteiger partial charge in [0, 0.05) is 19.2 Å². The van der Waals surface area contributed by atoms with Crippen molar-refractivity contribution >= 4 is 12.0 Å². The summed E-state index contributed by atoms with van der Waals surface area (Å²) in [5.41, 5.74) is 1.85. The molecule has 0 radical (unpaired) electrons. The normalized spacial score (nSPS) is 10.9. The van der Waals surface area contributed by atoms with Crippen molar-refractivity contribution in [3.05, 3.63) is 42.0 Å². The summed E-state index contributed by atoms with van der Waals surface area (Å²) in [5.74, 6) is 1.32. The van der Waals surface area contributed by atoms with Crippen molar-refractivity contribution in [1.29, 1.82) is 0 Å². The Morgan fingerprint density at radius 3 is 2.57 bits per heavy atom. The molecular formula is C19H27NO3. The third-order valence-electron chi connectivity index (χ3n) is 3.12. The zero-order valence-electron chi connectivity index (χ0n) is 14.8. The van der Waals surface area contributed by atoms with Crippen LogP contribution in [0.1, 0.15) is 33.3 Å². The standard InChI is InChI=1S/C19H27NO3/c1-7-20(13-14(2)3)19(21)11-9-16-8-10-17(23-15(4)5)18(12-16)22-6/h8-12,15H,2,7,13H2,1,3-6H3/b11-9+. The zero-order chi connectivity index (χ0) is 17.4. The second-order valence-electron chi connectivity index (χ2n) is 5.72. The molecular weight excluding hydrogens is 290 g/mol. The van der Waals surface area contributed by atoms with Gasteiger partial charge in [-0.05, 0) is 51.5 Å². The Hall–Kier alpha value is -2.23. The molecule has 0 fully saturated rings. The van der Waals surface area contributed by atoms with E-state index in [9.17, 15) is 4.79 Å². The molecule has 0 unspecified atom stereocenters. The number of carbonyl (C=O) groups excluding carboxylic acids is 1. The third kappa shape index (κ3) is 6.19. The number of carbonyl (C=O) groups is 1. The first-order chi connectivity index (χ1) is 10.9. The van der Waals surface area contributed by atoms with Crippen LogP contribution >= 0.6 is 0 Å². The molecule has 126 valence electrons. The minimum atomic E-state index is -0.0306. The smallest absolute Gasteiger partial charge is 0.246 e. The van der Waals surface area contributed by atoms with Crippen molar-refractivity contribution in [2.75, 3.05) is 20.2 Å². The van der Waals surface area contributed by atoms with Crippen LogP contribution in [0.4, 0.5) is 0 Å². The first-order valence-corrected chi connectivity index (χ1v) is 7.83. The number of nitrogens with zero attached hydrogens (tertiary/aromatic N) is 1. The summed E-state index contributed by atoms with van der Waals surface area (Å²) in [6, 6.07) is 5.62. The van der Waals surface area contributed by atoms with Gasteiger partial charge in [-0.1, -0.05) is 18.2 Å². The SMILES string of the molecule is C=C(C)CN(CC)C(=O)/C=C/c1ccc(OC(C)C)c(OC)c1. The topological polar surface area (TPSA) is 38.8 Å². The molecule has 0 saturated carbocycles. The molecule has 23 heavy (non-hydrogen) atoms. The third-order valence-corrected chi connectivity index (χ3v) is 3.12. The van der Waals surface area contributed by atoms with Crippen molar-refractivity contribution in [3.63, 3.8) is 0 Å². The van der Waals surface area contributed by atoms with E-state index in [1.807, 2.05) is 45.9 Å². The van der Waals surface area contributed by atoms with Crippen molar-refractivity contribution in [1.82, 2.24) is 4.90 Å². The number of ether oxygens (including phenoxy) is 2. The fraction of sp³-hybridized carbons (Fsp3) is 0.421. The molecule has 4 nitrogen and oxygen atoms in total. The predicted molar refractivity (Wildman–Crippen MR) is 94.9 cm³/mol. The van der Waals surface area contributed by atoms with Crippen LogP contribution in [0.3, 0.4) is 0 Å². The lowest BCUT2D eigenvalue weighted by atomic mass is 10.1. The van der Waals surface area contributed by atoms with Crippen molar-refractivity contribution in [3.8, 4) is 11.5 Å². The highest BCUT2D eigenvalue weighted by Crippen LogP contribution is 2.29. The molecule has 0 atom stereocenters. The second-order valence-corrected chi connectivity index (χ2v) is 5.72. The maximum Gasteiger partial charge on any atom is 0.246 e. The molecule has 0 bridgehead atoms. The molecule has 0 aliphatic heterocycles. The number of amides is 1. The Labute approximate surface area is 139 Å².